The summed E-state index contributed by atoms with van der Waals surface area (Å²) in [5, 5.41) is 15.6. The Morgan fingerprint density at radius 2 is 2.06 bits per heavy atom. The molecule has 2 amide bonds. The molecule has 0 saturated carbocycles. The van der Waals surface area contributed by atoms with Gasteiger partial charge in [-0.25, -0.2) is 4.79 Å². The molecule has 0 spiro atoms. The van der Waals surface area contributed by atoms with Crippen molar-refractivity contribution in [2.45, 2.75) is 0 Å². The molecule has 0 aliphatic rings. The van der Waals surface area contributed by atoms with E-state index in [1.54, 1.807) is 25.1 Å². The van der Waals surface area contributed by atoms with Crippen molar-refractivity contribution in [3.63, 3.8) is 0 Å². The Morgan fingerprint density at radius 3 is 2.53 bits per heavy atom. The van der Waals surface area contributed by atoms with E-state index in [1.165, 1.54) is 19.2 Å². The summed E-state index contributed by atoms with van der Waals surface area (Å²) in [7, 11) is 5.05. The number of nitrogens with zero attached hydrogens (tertiary/aromatic N) is 2. The van der Waals surface area contributed by atoms with Crippen molar-refractivity contribution >= 4 is 23.1 Å². The molecule has 7 nitrogen and oxygen atoms in total. The van der Waals surface area contributed by atoms with Gasteiger partial charge in [-0.1, -0.05) is 0 Å². The van der Waals surface area contributed by atoms with Crippen LogP contribution in [0.25, 0.3) is 0 Å². The number of amides is 2. The molecule has 0 fully saturated rings. The largest absolute Gasteiger partial charge is 0.376 e. The van der Waals surface area contributed by atoms with Crippen LogP contribution in [0, 0.1) is 10.1 Å². The molecule has 0 aliphatic carbocycles. The Kier molecular flexibility index (Phi) is 3.86. The van der Waals surface area contributed by atoms with Crippen LogP contribution in [0.5, 0.6) is 0 Å². The lowest BCUT2D eigenvalue weighted by Gasteiger charge is -2.17. The lowest BCUT2D eigenvalue weighted by atomic mass is 10.2. The van der Waals surface area contributed by atoms with Gasteiger partial charge in [-0.15, -0.1) is 0 Å². The highest BCUT2D eigenvalue weighted by atomic mass is 16.6. The molecule has 0 unspecified atom stereocenters. The fraction of sp³-hybridized carbons (Fsp3) is 0.300. The summed E-state index contributed by atoms with van der Waals surface area (Å²) in [5.41, 5.74) is 1.02. The predicted molar refractivity (Wildman–Crippen MR) is 65.5 cm³/mol. The highest BCUT2D eigenvalue weighted by Gasteiger charge is 2.13. The van der Waals surface area contributed by atoms with E-state index in [9.17, 15) is 14.9 Å². The molecule has 1 aromatic rings. The monoisotopic (exact) mass is 238 g/mol. The van der Waals surface area contributed by atoms with E-state index in [0.717, 1.165) is 0 Å². The number of rotatable bonds is 3. The lowest BCUT2D eigenvalue weighted by Crippen LogP contribution is -2.25. The van der Waals surface area contributed by atoms with Gasteiger partial charge in [0.2, 0.25) is 0 Å². The van der Waals surface area contributed by atoms with Crippen molar-refractivity contribution in [2.75, 3.05) is 31.4 Å². The molecule has 2 N–H and O–H groups in total. The molecule has 0 aliphatic heterocycles. The third kappa shape index (κ3) is 3.07. The third-order valence-corrected chi connectivity index (χ3v) is 2.15. The quantitative estimate of drug-likeness (QED) is 0.615. The molecule has 17 heavy (non-hydrogen) atoms. The molecule has 0 atom stereocenters. The SMILES string of the molecule is CNC(=O)Nc1cc([N+](=O)[O-])ccc1N(C)C. The summed E-state index contributed by atoms with van der Waals surface area (Å²) in [6, 6.07) is 3.88. The second-order valence-corrected chi connectivity index (χ2v) is 3.56. The van der Waals surface area contributed by atoms with Crippen LogP contribution >= 0.6 is 0 Å². The number of hydrogen-bond acceptors (Lipinski definition) is 4. The zero-order valence-electron chi connectivity index (χ0n) is 9.85. The molecule has 7 heteroatoms. The molecule has 0 saturated heterocycles. The van der Waals surface area contributed by atoms with Gasteiger partial charge in [-0.05, 0) is 6.07 Å². The maximum absolute atomic E-state index is 11.2. The Bertz CT molecular complexity index is 445. The van der Waals surface area contributed by atoms with Crippen molar-refractivity contribution in [3.05, 3.63) is 28.3 Å². The number of hydrogen-bond donors (Lipinski definition) is 2. The first-order valence-corrected chi connectivity index (χ1v) is 4.90. The Morgan fingerprint density at radius 1 is 1.41 bits per heavy atom. The number of carbonyl (C=O) groups is 1. The van der Waals surface area contributed by atoms with E-state index in [1.807, 2.05) is 0 Å². The van der Waals surface area contributed by atoms with Crippen LogP contribution in [0.2, 0.25) is 0 Å². The van der Waals surface area contributed by atoms with Crippen LogP contribution < -0.4 is 15.5 Å². The summed E-state index contributed by atoms with van der Waals surface area (Å²) in [4.78, 5) is 23.1. The van der Waals surface area contributed by atoms with E-state index in [4.69, 9.17) is 0 Å². The third-order valence-electron chi connectivity index (χ3n) is 2.15. The van der Waals surface area contributed by atoms with Gasteiger partial charge in [-0.3, -0.25) is 10.1 Å². The van der Waals surface area contributed by atoms with Crippen molar-refractivity contribution in [1.29, 1.82) is 0 Å². The normalized spacial score (nSPS) is 9.59. The number of non-ortho nitro benzene ring substituents is 1. The smallest absolute Gasteiger partial charge is 0.319 e. The maximum Gasteiger partial charge on any atom is 0.319 e. The first kappa shape index (κ1) is 12.8. The maximum atomic E-state index is 11.2. The first-order valence-electron chi connectivity index (χ1n) is 4.90. The highest BCUT2D eigenvalue weighted by molar-refractivity contribution is 5.93. The number of anilines is 2. The number of nitrogens with one attached hydrogen (secondary N) is 2. The van der Waals surface area contributed by atoms with Crippen molar-refractivity contribution in [2.24, 2.45) is 0 Å². The number of benzene rings is 1. The van der Waals surface area contributed by atoms with Crippen LogP contribution in [-0.4, -0.2) is 32.1 Å². The summed E-state index contributed by atoms with van der Waals surface area (Å²) < 4.78 is 0. The number of carbonyl (C=O) groups excluding carboxylic acids is 1. The molecule has 0 aromatic heterocycles. The molecule has 0 heterocycles. The van der Waals surface area contributed by atoms with E-state index in [0.29, 0.717) is 11.4 Å². The average Bonchev–Trinajstić information content (AvgIpc) is 2.28. The molecular weight excluding hydrogens is 224 g/mol. The topological polar surface area (TPSA) is 87.5 Å². The van der Waals surface area contributed by atoms with E-state index >= 15 is 0 Å². The zero-order chi connectivity index (χ0) is 13.0. The zero-order valence-corrected chi connectivity index (χ0v) is 9.85. The van der Waals surface area contributed by atoms with Gasteiger partial charge >= 0.3 is 6.03 Å². The predicted octanol–water partition coefficient (Wildman–Crippen LogP) is 1.41. The highest BCUT2D eigenvalue weighted by Crippen LogP contribution is 2.28. The van der Waals surface area contributed by atoms with Gasteiger partial charge in [0.1, 0.15) is 0 Å². The van der Waals surface area contributed by atoms with Gasteiger partial charge < -0.3 is 15.5 Å². The fourth-order valence-corrected chi connectivity index (χ4v) is 1.31. The summed E-state index contributed by atoms with van der Waals surface area (Å²) in [6.07, 6.45) is 0. The number of nitro benzene ring substituents is 1. The summed E-state index contributed by atoms with van der Waals surface area (Å²) in [5.74, 6) is 0. The van der Waals surface area contributed by atoms with Crippen LogP contribution in [-0.2, 0) is 0 Å². The van der Waals surface area contributed by atoms with Crippen LogP contribution in [0.4, 0.5) is 21.9 Å². The minimum atomic E-state index is -0.505. The first-order chi connectivity index (χ1) is 7.95. The molecule has 0 bridgehead atoms. The average molecular weight is 238 g/mol. The van der Waals surface area contributed by atoms with Crippen LogP contribution in [0.3, 0.4) is 0 Å². The standard InChI is InChI=1S/C10H14N4O3/c1-11-10(15)12-8-6-7(14(16)17)4-5-9(8)13(2)3/h4-6H,1-3H3,(H2,11,12,15). The number of urea groups is 1. The Labute approximate surface area is 98.6 Å². The molecular formula is C10H14N4O3. The van der Waals surface area contributed by atoms with Crippen molar-refractivity contribution in [3.8, 4) is 0 Å². The van der Waals surface area contributed by atoms with Gasteiger partial charge in [0.15, 0.2) is 0 Å². The molecule has 1 rings (SSSR count). The minimum absolute atomic E-state index is 0.0676. The second kappa shape index (κ2) is 5.15. The number of nitro groups is 1. The van der Waals surface area contributed by atoms with Crippen molar-refractivity contribution < 1.29 is 9.72 Å². The molecule has 0 radical (unpaired) electrons. The second-order valence-electron chi connectivity index (χ2n) is 3.56. The van der Waals surface area contributed by atoms with Crippen LogP contribution in [0.15, 0.2) is 18.2 Å². The van der Waals surface area contributed by atoms with Gasteiger partial charge in [0.25, 0.3) is 5.69 Å². The van der Waals surface area contributed by atoms with Crippen molar-refractivity contribution in [1.82, 2.24) is 5.32 Å². The fourth-order valence-electron chi connectivity index (χ4n) is 1.31. The van der Waals surface area contributed by atoms with Crippen LogP contribution in [0.1, 0.15) is 0 Å². The summed E-state index contributed by atoms with van der Waals surface area (Å²) >= 11 is 0. The molecule has 1 aromatic carbocycles. The Balaban J connectivity index is 3.15. The van der Waals surface area contributed by atoms with E-state index in [-0.39, 0.29) is 5.69 Å². The van der Waals surface area contributed by atoms with E-state index < -0.39 is 11.0 Å². The van der Waals surface area contributed by atoms with Gasteiger partial charge in [0, 0.05) is 33.3 Å². The molecule has 92 valence electrons. The van der Waals surface area contributed by atoms with E-state index in [2.05, 4.69) is 10.6 Å². The summed E-state index contributed by atoms with van der Waals surface area (Å²) in [6.45, 7) is 0. The van der Waals surface area contributed by atoms with Gasteiger partial charge in [-0.2, -0.15) is 0 Å². The Hall–Kier alpha value is -2.31. The lowest BCUT2D eigenvalue weighted by molar-refractivity contribution is -0.384. The van der Waals surface area contributed by atoms with Gasteiger partial charge in [0.05, 0.1) is 16.3 Å². The minimum Gasteiger partial charge on any atom is -0.376 e.